The fourth-order valence-electron chi connectivity index (χ4n) is 2.20. The molecule has 0 radical (unpaired) electrons. The maximum atomic E-state index is 12.5. The summed E-state index contributed by atoms with van der Waals surface area (Å²) < 4.78 is 0. The molecule has 2 aromatic rings. The lowest BCUT2D eigenvalue weighted by Crippen LogP contribution is -2.30. The molecule has 104 valence electrons. The number of hydrogen-bond donors (Lipinski definition) is 0. The third kappa shape index (κ3) is 3.37. The second kappa shape index (κ2) is 7.06. The van der Waals surface area contributed by atoms with Gasteiger partial charge in [0.25, 0.3) is 5.91 Å². The fraction of sp³-hybridized carbons (Fsp3) is 0.111. The molecule has 1 unspecified atom stereocenters. The molecule has 0 bridgehead atoms. The number of carbonyl (C=O) groups is 1. The number of carbonyl (C=O) groups excluding carboxylic acids is 1. The van der Waals surface area contributed by atoms with E-state index in [0.29, 0.717) is 12.0 Å². The molecule has 0 N–H and O–H groups in total. The van der Waals surface area contributed by atoms with Gasteiger partial charge in [-0.15, -0.1) is 6.58 Å². The molecule has 0 saturated heterocycles. The van der Waals surface area contributed by atoms with E-state index >= 15 is 0 Å². The average molecular weight is 276 g/mol. The van der Waals surface area contributed by atoms with Gasteiger partial charge in [-0.2, -0.15) is 5.26 Å². The molecule has 21 heavy (non-hydrogen) atoms. The first-order valence-electron chi connectivity index (χ1n) is 6.72. The van der Waals surface area contributed by atoms with E-state index in [0.717, 1.165) is 5.56 Å². The van der Waals surface area contributed by atoms with Crippen LogP contribution in [-0.2, 0) is 0 Å². The van der Waals surface area contributed by atoms with Crippen molar-refractivity contribution in [3.63, 3.8) is 0 Å². The van der Waals surface area contributed by atoms with E-state index in [1.54, 1.807) is 30.3 Å². The van der Waals surface area contributed by atoms with Crippen LogP contribution in [0.2, 0.25) is 0 Å². The summed E-state index contributed by atoms with van der Waals surface area (Å²) in [6.45, 7) is 3.73. The Bertz CT molecular complexity index is 644. The minimum atomic E-state index is -0.332. The van der Waals surface area contributed by atoms with Crippen LogP contribution in [0.5, 0.6) is 0 Å². The summed E-state index contributed by atoms with van der Waals surface area (Å²) in [6.07, 6.45) is 4.27. The van der Waals surface area contributed by atoms with Crippen molar-refractivity contribution >= 4 is 5.91 Å². The summed E-state index contributed by atoms with van der Waals surface area (Å²) in [4.78, 5) is 13.7. The SMILES string of the molecule is C=CCC(c1ccccc1)N(C#N)C(=O)c1ccccc1. The molecule has 0 aromatic heterocycles. The molecule has 3 heteroatoms. The molecule has 0 aliphatic rings. The Morgan fingerprint density at radius 2 is 1.71 bits per heavy atom. The van der Waals surface area contributed by atoms with Crippen LogP contribution in [0.4, 0.5) is 0 Å². The second-order valence-electron chi connectivity index (χ2n) is 4.59. The Morgan fingerprint density at radius 3 is 2.24 bits per heavy atom. The monoisotopic (exact) mass is 276 g/mol. The van der Waals surface area contributed by atoms with Crippen LogP contribution in [0.25, 0.3) is 0 Å². The molecule has 1 amide bonds. The van der Waals surface area contributed by atoms with Crippen LogP contribution in [0.1, 0.15) is 28.4 Å². The van der Waals surface area contributed by atoms with Crippen molar-refractivity contribution in [2.45, 2.75) is 12.5 Å². The van der Waals surface area contributed by atoms with Gasteiger partial charge in [-0.05, 0) is 24.1 Å². The van der Waals surface area contributed by atoms with Gasteiger partial charge in [0.1, 0.15) is 0 Å². The third-order valence-corrected chi connectivity index (χ3v) is 3.23. The van der Waals surface area contributed by atoms with E-state index in [-0.39, 0.29) is 11.9 Å². The number of rotatable bonds is 5. The Balaban J connectivity index is 2.35. The second-order valence-corrected chi connectivity index (χ2v) is 4.59. The standard InChI is InChI=1S/C18H16N2O/c1-2-9-17(15-10-5-3-6-11-15)20(14-19)18(21)16-12-7-4-8-13-16/h2-8,10-13,17H,1,9H2. The van der Waals surface area contributed by atoms with Gasteiger partial charge in [0.2, 0.25) is 0 Å². The molecular formula is C18H16N2O. The predicted molar refractivity (Wildman–Crippen MR) is 82.2 cm³/mol. The van der Waals surface area contributed by atoms with Gasteiger partial charge in [0, 0.05) is 5.56 Å². The van der Waals surface area contributed by atoms with Gasteiger partial charge in [0.05, 0.1) is 6.04 Å². The van der Waals surface area contributed by atoms with E-state index in [1.165, 1.54) is 4.90 Å². The summed E-state index contributed by atoms with van der Waals surface area (Å²) in [5, 5.41) is 9.44. The highest BCUT2D eigenvalue weighted by molar-refractivity contribution is 5.95. The minimum Gasteiger partial charge on any atom is -0.268 e. The van der Waals surface area contributed by atoms with Crippen molar-refractivity contribution in [3.8, 4) is 6.19 Å². The summed E-state index contributed by atoms with van der Waals surface area (Å²) in [7, 11) is 0. The highest BCUT2D eigenvalue weighted by Crippen LogP contribution is 2.25. The lowest BCUT2D eigenvalue weighted by molar-refractivity contribution is 0.0782. The van der Waals surface area contributed by atoms with Crippen LogP contribution in [0.3, 0.4) is 0 Å². The molecule has 3 nitrogen and oxygen atoms in total. The van der Waals surface area contributed by atoms with Gasteiger partial charge in [-0.3, -0.25) is 4.79 Å². The van der Waals surface area contributed by atoms with Crippen molar-refractivity contribution in [3.05, 3.63) is 84.4 Å². The molecule has 0 fully saturated rings. The van der Waals surface area contributed by atoms with Crippen LogP contribution < -0.4 is 0 Å². The average Bonchev–Trinajstić information content (AvgIpc) is 2.56. The van der Waals surface area contributed by atoms with Crippen molar-refractivity contribution in [1.29, 1.82) is 5.26 Å². The van der Waals surface area contributed by atoms with Crippen molar-refractivity contribution in [2.75, 3.05) is 0 Å². The molecule has 2 rings (SSSR count). The largest absolute Gasteiger partial charge is 0.268 e. The maximum Gasteiger partial charge on any atom is 0.267 e. The number of nitriles is 1. The molecule has 0 aliphatic carbocycles. The van der Waals surface area contributed by atoms with Gasteiger partial charge in [0.15, 0.2) is 6.19 Å². The van der Waals surface area contributed by atoms with E-state index in [1.807, 2.05) is 42.6 Å². The zero-order valence-corrected chi connectivity index (χ0v) is 11.6. The zero-order valence-electron chi connectivity index (χ0n) is 11.6. The zero-order chi connectivity index (χ0) is 15.1. The van der Waals surface area contributed by atoms with E-state index in [2.05, 4.69) is 6.58 Å². The van der Waals surface area contributed by atoms with Gasteiger partial charge in [-0.25, -0.2) is 4.90 Å². The molecule has 1 atom stereocenters. The molecular weight excluding hydrogens is 260 g/mol. The molecule has 2 aromatic carbocycles. The predicted octanol–water partition coefficient (Wildman–Crippen LogP) is 3.93. The van der Waals surface area contributed by atoms with Crippen LogP contribution >= 0.6 is 0 Å². The smallest absolute Gasteiger partial charge is 0.267 e. The van der Waals surface area contributed by atoms with Crippen molar-refractivity contribution in [2.24, 2.45) is 0 Å². The normalized spacial score (nSPS) is 11.2. The third-order valence-electron chi connectivity index (χ3n) is 3.23. The summed E-state index contributed by atoms with van der Waals surface area (Å²) in [5.74, 6) is -0.297. The Labute approximate surface area is 124 Å². The quantitative estimate of drug-likeness (QED) is 0.472. The first-order chi connectivity index (χ1) is 10.3. The van der Waals surface area contributed by atoms with Crippen LogP contribution in [0.15, 0.2) is 73.3 Å². The topological polar surface area (TPSA) is 44.1 Å². The molecule has 0 heterocycles. The number of benzene rings is 2. The molecule has 0 aliphatic heterocycles. The minimum absolute atomic E-state index is 0.297. The highest BCUT2D eigenvalue weighted by atomic mass is 16.2. The maximum absolute atomic E-state index is 12.5. The molecule has 0 spiro atoms. The summed E-state index contributed by atoms with van der Waals surface area (Å²) in [6, 6.07) is 18.0. The van der Waals surface area contributed by atoms with Crippen molar-refractivity contribution in [1.82, 2.24) is 4.90 Å². The van der Waals surface area contributed by atoms with Crippen LogP contribution in [0, 0.1) is 11.5 Å². The van der Waals surface area contributed by atoms with E-state index in [4.69, 9.17) is 0 Å². The van der Waals surface area contributed by atoms with Gasteiger partial charge in [-0.1, -0.05) is 54.6 Å². The number of hydrogen-bond acceptors (Lipinski definition) is 2. The highest BCUT2D eigenvalue weighted by Gasteiger charge is 2.25. The van der Waals surface area contributed by atoms with Crippen LogP contribution in [-0.4, -0.2) is 10.8 Å². The number of amides is 1. The van der Waals surface area contributed by atoms with E-state index < -0.39 is 0 Å². The van der Waals surface area contributed by atoms with Gasteiger partial charge >= 0.3 is 0 Å². The fourth-order valence-corrected chi connectivity index (χ4v) is 2.20. The summed E-state index contributed by atoms with van der Waals surface area (Å²) in [5.41, 5.74) is 1.42. The first kappa shape index (κ1) is 14.5. The van der Waals surface area contributed by atoms with E-state index in [9.17, 15) is 10.1 Å². The van der Waals surface area contributed by atoms with Gasteiger partial charge < -0.3 is 0 Å². The van der Waals surface area contributed by atoms with Crippen molar-refractivity contribution < 1.29 is 4.79 Å². The lowest BCUT2D eigenvalue weighted by atomic mass is 10.0. The Hall–Kier alpha value is -2.86. The Kier molecular flexibility index (Phi) is 4.89. The lowest BCUT2D eigenvalue weighted by Gasteiger charge is -2.24. The molecule has 0 saturated carbocycles. The summed E-state index contributed by atoms with van der Waals surface area (Å²) >= 11 is 0. The first-order valence-corrected chi connectivity index (χ1v) is 6.72. The Morgan fingerprint density at radius 1 is 1.14 bits per heavy atom. The number of nitrogens with zero attached hydrogens (tertiary/aromatic N) is 2.